The number of aromatic hydroxyl groups is 1. The molecule has 1 rings (SSSR count). The highest BCUT2D eigenvalue weighted by Crippen LogP contribution is 2.16. The van der Waals surface area contributed by atoms with Crippen molar-refractivity contribution in [2.75, 3.05) is 13.1 Å². The molecule has 4 nitrogen and oxygen atoms in total. The molecule has 6 heteroatoms. The fourth-order valence-corrected chi connectivity index (χ4v) is 1.71. The maximum absolute atomic E-state index is 13.6. The summed E-state index contributed by atoms with van der Waals surface area (Å²) in [6.07, 6.45) is 0.716. The highest BCUT2D eigenvalue weighted by atomic mass is 32.1. The van der Waals surface area contributed by atoms with Gasteiger partial charge in [0.1, 0.15) is 11.6 Å². The third kappa shape index (κ3) is 3.66. The number of amides is 1. The standard InChI is InChI=1S/C12H15FN2O2S/c1-2-5-15(7-11(14)18)12(17)9-4-3-8(16)6-10(9)13/h3-4,6,16H,2,5,7H2,1H3,(H2,14,18). The Hall–Kier alpha value is -1.69. The molecule has 0 bridgehead atoms. The predicted molar refractivity (Wildman–Crippen MR) is 71.0 cm³/mol. The molecule has 0 aliphatic heterocycles. The first-order valence-corrected chi connectivity index (χ1v) is 5.92. The molecule has 3 N–H and O–H groups in total. The Balaban J connectivity index is 2.97. The molecule has 0 saturated heterocycles. The first-order valence-electron chi connectivity index (χ1n) is 5.51. The Morgan fingerprint density at radius 1 is 1.56 bits per heavy atom. The second-order valence-corrected chi connectivity index (χ2v) is 4.38. The van der Waals surface area contributed by atoms with Gasteiger partial charge < -0.3 is 15.7 Å². The molecule has 0 saturated carbocycles. The second kappa shape index (κ2) is 6.30. The third-order valence-corrected chi connectivity index (χ3v) is 2.44. The molecule has 0 spiro atoms. The lowest BCUT2D eigenvalue weighted by molar-refractivity contribution is 0.0775. The lowest BCUT2D eigenvalue weighted by Crippen LogP contribution is -2.38. The summed E-state index contributed by atoms with van der Waals surface area (Å²) in [5.41, 5.74) is 5.31. The van der Waals surface area contributed by atoms with E-state index in [-0.39, 0.29) is 22.8 Å². The molecule has 0 heterocycles. The first kappa shape index (κ1) is 14.4. The third-order valence-electron chi connectivity index (χ3n) is 2.31. The zero-order valence-corrected chi connectivity index (χ0v) is 10.8. The molecule has 18 heavy (non-hydrogen) atoms. The minimum atomic E-state index is -0.760. The number of hydrogen-bond acceptors (Lipinski definition) is 3. The molecule has 0 aromatic heterocycles. The Morgan fingerprint density at radius 2 is 2.22 bits per heavy atom. The molecule has 1 aromatic rings. The van der Waals surface area contributed by atoms with Crippen molar-refractivity contribution in [3.8, 4) is 5.75 Å². The average Bonchev–Trinajstić information content (AvgIpc) is 2.27. The van der Waals surface area contributed by atoms with E-state index in [1.165, 1.54) is 17.0 Å². The summed E-state index contributed by atoms with van der Waals surface area (Å²) >= 11 is 4.76. The van der Waals surface area contributed by atoms with Gasteiger partial charge in [0.2, 0.25) is 0 Å². The number of halogens is 1. The largest absolute Gasteiger partial charge is 0.508 e. The van der Waals surface area contributed by atoms with Gasteiger partial charge in [0, 0.05) is 12.6 Å². The molecule has 1 aromatic carbocycles. The first-order chi connectivity index (χ1) is 8.45. The maximum atomic E-state index is 13.6. The van der Waals surface area contributed by atoms with Crippen LogP contribution in [-0.2, 0) is 0 Å². The zero-order valence-electron chi connectivity index (χ0n) is 10.0. The van der Waals surface area contributed by atoms with Gasteiger partial charge >= 0.3 is 0 Å². The van der Waals surface area contributed by atoms with E-state index in [1.54, 1.807) is 0 Å². The van der Waals surface area contributed by atoms with Gasteiger partial charge in [-0.15, -0.1) is 0 Å². The van der Waals surface area contributed by atoms with Crippen LogP contribution in [0.1, 0.15) is 23.7 Å². The van der Waals surface area contributed by atoms with Crippen LogP contribution in [-0.4, -0.2) is 34.0 Å². The van der Waals surface area contributed by atoms with E-state index in [1.807, 2.05) is 6.92 Å². The van der Waals surface area contributed by atoms with Crippen molar-refractivity contribution < 1.29 is 14.3 Å². The Bertz CT molecular complexity index is 465. The molecule has 0 atom stereocenters. The van der Waals surface area contributed by atoms with Crippen molar-refractivity contribution in [2.45, 2.75) is 13.3 Å². The monoisotopic (exact) mass is 270 g/mol. The molecule has 0 unspecified atom stereocenters. The van der Waals surface area contributed by atoms with Crippen LogP contribution >= 0.6 is 12.2 Å². The smallest absolute Gasteiger partial charge is 0.257 e. The van der Waals surface area contributed by atoms with Crippen molar-refractivity contribution in [2.24, 2.45) is 5.73 Å². The van der Waals surface area contributed by atoms with Crippen molar-refractivity contribution in [3.05, 3.63) is 29.6 Å². The second-order valence-electron chi connectivity index (χ2n) is 3.86. The van der Waals surface area contributed by atoms with E-state index in [0.29, 0.717) is 13.0 Å². The summed E-state index contributed by atoms with van der Waals surface area (Å²) in [6.45, 7) is 2.45. The van der Waals surface area contributed by atoms with Crippen LogP contribution in [0, 0.1) is 5.82 Å². The number of nitrogens with two attached hydrogens (primary N) is 1. The number of benzene rings is 1. The van der Waals surface area contributed by atoms with Gasteiger partial charge in [-0.1, -0.05) is 19.1 Å². The van der Waals surface area contributed by atoms with Gasteiger partial charge in [-0.25, -0.2) is 4.39 Å². The summed E-state index contributed by atoms with van der Waals surface area (Å²) in [7, 11) is 0. The van der Waals surface area contributed by atoms with E-state index < -0.39 is 11.7 Å². The van der Waals surface area contributed by atoms with Gasteiger partial charge in [0.15, 0.2) is 0 Å². The van der Waals surface area contributed by atoms with Crippen molar-refractivity contribution in [3.63, 3.8) is 0 Å². The highest BCUT2D eigenvalue weighted by molar-refractivity contribution is 7.80. The number of phenols is 1. The molecule has 98 valence electrons. The fraction of sp³-hybridized carbons (Fsp3) is 0.333. The van der Waals surface area contributed by atoms with Crippen LogP contribution in [0.4, 0.5) is 4.39 Å². The predicted octanol–water partition coefficient (Wildman–Crippen LogP) is 1.67. The molecular formula is C12H15FN2O2S. The highest BCUT2D eigenvalue weighted by Gasteiger charge is 2.19. The number of carbonyl (C=O) groups is 1. The number of rotatable bonds is 5. The van der Waals surface area contributed by atoms with Crippen molar-refractivity contribution in [1.82, 2.24) is 4.90 Å². The molecule has 0 aliphatic carbocycles. The van der Waals surface area contributed by atoms with Crippen LogP contribution < -0.4 is 5.73 Å². The lowest BCUT2D eigenvalue weighted by atomic mass is 10.1. The Morgan fingerprint density at radius 3 is 2.72 bits per heavy atom. The summed E-state index contributed by atoms with van der Waals surface area (Å²) in [5.74, 6) is -1.47. The van der Waals surface area contributed by atoms with Crippen LogP contribution in [0.2, 0.25) is 0 Å². The minimum absolute atomic E-state index is 0.0995. The van der Waals surface area contributed by atoms with Crippen LogP contribution in [0.25, 0.3) is 0 Å². The van der Waals surface area contributed by atoms with Crippen molar-refractivity contribution in [1.29, 1.82) is 0 Å². The zero-order chi connectivity index (χ0) is 13.7. The van der Waals surface area contributed by atoms with E-state index in [9.17, 15) is 9.18 Å². The number of nitrogens with zero attached hydrogens (tertiary/aromatic N) is 1. The number of phenolic OH excluding ortho intramolecular Hbond substituents is 1. The van der Waals surface area contributed by atoms with E-state index >= 15 is 0 Å². The van der Waals surface area contributed by atoms with Crippen molar-refractivity contribution >= 4 is 23.1 Å². The molecule has 0 radical (unpaired) electrons. The summed E-state index contributed by atoms with van der Waals surface area (Å²) in [6, 6.07) is 3.41. The van der Waals surface area contributed by atoms with Gasteiger partial charge in [0.05, 0.1) is 17.1 Å². The van der Waals surface area contributed by atoms with Crippen LogP contribution in [0.5, 0.6) is 5.75 Å². The summed E-state index contributed by atoms with van der Waals surface area (Å²) in [4.78, 5) is 13.7. The molecular weight excluding hydrogens is 255 g/mol. The summed E-state index contributed by atoms with van der Waals surface area (Å²) < 4.78 is 13.6. The fourth-order valence-electron chi connectivity index (χ4n) is 1.56. The van der Waals surface area contributed by atoms with E-state index in [0.717, 1.165) is 6.07 Å². The Labute approximate surface area is 110 Å². The molecule has 0 fully saturated rings. The van der Waals surface area contributed by atoms with Crippen LogP contribution in [0.15, 0.2) is 18.2 Å². The number of thiocarbonyl (C=S) groups is 1. The van der Waals surface area contributed by atoms with Crippen LogP contribution in [0.3, 0.4) is 0 Å². The van der Waals surface area contributed by atoms with E-state index in [2.05, 4.69) is 0 Å². The summed E-state index contributed by atoms with van der Waals surface area (Å²) in [5, 5.41) is 9.10. The SMILES string of the molecule is CCCN(CC(N)=S)C(=O)c1ccc(O)cc1F. The van der Waals surface area contributed by atoms with Gasteiger partial charge in [-0.3, -0.25) is 4.79 Å². The van der Waals surface area contributed by atoms with E-state index in [4.69, 9.17) is 23.1 Å². The topological polar surface area (TPSA) is 66.6 Å². The number of carbonyl (C=O) groups excluding carboxylic acids is 1. The lowest BCUT2D eigenvalue weighted by Gasteiger charge is -2.21. The Kier molecular flexibility index (Phi) is 5.03. The minimum Gasteiger partial charge on any atom is -0.508 e. The normalized spacial score (nSPS) is 10.1. The maximum Gasteiger partial charge on any atom is 0.257 e. The van der Waals surface area contributed by atoms with Gasteiger partial charge in [-0.2, -0.15) is 0 Å². The van der Waals surface area contributed by atoms with Gasteiger partial charge in [0.25, 0.3) is 5.91 Å². The molecule has 1 amide bonds. The number of hydrogen-bond donors (Lipinski definition) is 2. The van der Waals surface area contributed by atoms with Gasteiger partial charge in [-0.05, 0) is 18.6 Å². The average molecular weight is 270 g/mol. The molecule has 0 aliphatic rings. The quantitative estimate of drug-likeness (QED) is 0.799.